The number of ether oxygens (including phenoxy) is 1. The highest BCUT2D eigenvalue weighted by Gasteiger charge is 2.50. The van der Waals surface area contributed by atoms with E-state index in [9.17, 15) is 4.79 Å². The summed E-state index contributed by atoms with van der Waals surface area (Å²) in [6.45, 7) is 7.03. The van der Waals surface area contributed by atoms with Gasteiger partial charge in [0.25, 0.3) is 0 Å². The third kappa shape index (κ3) is 2.52. The van der Waals surface area contributed by atoms with Gasteiger partial charge in [-0.05, 0) is 49.1 Å². The lowest BCUT2D eigenvalue weighted by Crippen LogP contribution is -2.48. The van der Waals surface area contributed by atoms with Crippen LogP contribution in [0, 0.1) is 17.3 Å². The molecule has 2 heteroatoms. The van der Waals surface area contributed by atoms with Crippen LogP contribution in [0.2, 0.25) is 0 Å². The third-order valence-corrected chi connectivity index (χ3v) is 5.50. The zero-order valence-corrected chi connectivity index (χ0v) is 13.2. The first-order valence-corrected chi connectivity index (χ1v) is 7.92. The van der Waals surface area contributed by atoms with E-state index in [1.165, 1.54) is 12.8 Å². The second kappa shape index (κ2) is 5.32. The number of benzene rings is 1. The number of rotatable bonds is 5. The second-order valence-electron chi connectivity index (χ2n) is 6.97. The lowest BCUT2D eigenvalue weighted by molar-refractivity contribution is -0.00917. The fraction of sp³-hybridized carbons (Fsp3) is 0.526. The number of carbonyl (C=O) groups excluding carboxylic acids is 1. The highest BCUT2D eigenvalue weighted by molar-refractivity contribution is 5.96. The van der Waals surface area contributed by atoms with Crippen molar-refractivity contribution in [2.24, 2.45) is 17.3 Å². The van der Waals surface area contributed by atoms with E-state index in [0.717, 1.165) is 18.3 Å². The predicted molar refractivity (Wildman–Crippen MR) is 84.6 cm³/mol. The van der Waals surface area contributed by atoms with E-state index >= 15 is 0 Å². The average Bonchev–Trinajstić information content (AvgIpc) is 2.47. The normalized spacial score (nSPS) is 25.8. The van der Waals surface area contributed by atoms with Crippen molar-refractivity contribution in [2.75, 3.05) is 6.61 Å². The van der Waals surface area contributed by atoms with E-state index in [1.54, 1.807) is 12.5 Å². The molecule has 1 aromatic carbocycles. The molecular formula is C19H24O2. The maximum absolute atomic E-state index is 11.6. The molecule has 0 heterocycles. The van der Waals surface area contributed by atoms with E-state index in [2.05, 4.69) is 19.9 Å². The lowest BCUT2D eigenvalue weighted by atomic mass is 9.48. The van der Waals surface area contributed by atoms with Crippen LogP contribution in [0.15, 0.2) is 35.9 Å². The molecule has 1 saturated carbocycles. The first kappa shape index (κ1) is 14.4. The van der Waals surface area contributed by atoms with Gasteiger partial charge in [0.2, 0.25) is 0 Å². The van der Waals surface area contributed by atoms with Gasteiger partial charge < -0.3 is 4.74 Å². The molecule has 0 radical (unpaired) electrons. The highest BCUT2D eigenvalue weighted by atomic mass is 16.5. The number of fused-ring (bicyclic) bond motifs is 1. The van der Waals surface area contributed by atoms with Crippen LogP contribution in [-0.2, 0) is 0 Å². The molecule has 0 N–H and O–H groups in total. The summed E-state index contributed by atoms with van der Waals surface area (Å²) in [4.78, 5) is 11.6. The van der Waals surface area contributed by atoms with Crippen molar-refractivity contribution in [3.05, 3.63) is 41.5 Å². The fourth-order valence-corrected chi connectivity index (χ4v) is 3.92. The smallest absolute Gasteiger partial charge is 0.163 e. The molecular weight excluding hydrogens is 260 g/mol. The van der Waals surface area contributed by atoms with Crippen LogP contribution >= 0.6 is 0 Å². The molecule has 0 aliphatic heterocycles. The minimum absolute atomic E-state index is 0.0606. The van der Waals surface area contributed by atoms with Gasteiger partial charge in [-0.25, -0.2) is 0 Å². The second-order valence-corrected chi connectivity index (χ2v) is 6.97. The SMILES string of the molecule is CC(=O)c1ccccc1OCCC1=CCC2CC1C2(C)C. The van der Waals surface area contributed by atoms with Crippen molar-refractivity contribution >= 4 is 5.78 Å². The maximum atomic E-state index is 11.6. The topological polar surface area (TPSA) is 26.3 Å². The van der Waals surface area contributed by atoms with E-state index in [0.29, 0.717) is 23.3 Å². The van der Waals surface area contributed by atoms with Crippen LogP contribution in [-0.4, -0.2) is 12.4 Å². The quantitative estimate of drug-likeness (QED) is 0.581. The standard InChI is InChI=1S/C19H24O2/c1-13(20)16-6-4-5-7-18(16)21-11-10-14-8-9-15-12-17(14)19(15,2)3/h4-8,15,17H,9-12H2,1-3H3. The summed E-state index contributed by atoms with van der Waals surface area (Å²) in [5, 5.41) is 0. The van der Waals surface area contributed by atoms with E-state index in [-0.39, 0.29) is 5.78 Å². The molecule has 2 bridgehead atoms. The molecule has 112 valence electrons. The van der Waals surface area contributed by atoms with Gasteiger partial charge in [-0.3, -0.25) is 4.79 Å². The van der Waals surface area contributed by atoms with Gasteiger partial charge in [-0.1, -0.05) is 37.6 Å². The summed E-state index contributed by atoms with van der Waals surface area (Å²) in [5.41, 5.74) is 2.71. The summed E-state index contributed by atoms with van der Waals surface area (Å²) >= 11 is 0. The van der Waals surface area contributed by atoms with Crippen molar-refractivity contribution in [3.8, 4) is 5.75 Å². The summed E-state index contributed by atoms with van der Waals surface area (Å²) in [7, 11) is 0. The monoisotopic (exact) mass is 284 g/mol. The number of ketones is 1. The molecule has 1 fully saturated rings. The Morgan fingerprint density at radius 3 is 2.76 bits per heavy atom. The molecule has 21 heavy (non-hydrogen) atoms. The Hall–Kier alpha value is -1.57. The van der Waals surface area contributed by atoms with Gasteiger partial charge in [0, 0.05) is 6.42 Å². The number of Topliss-reactive ketones (excluding diaryl/α,β-unsaturated/α-hetero) is 1. The molecule has 1 aromatic rings. The van der Waals surface area contributed by atoms with Crippen LogP contribution in [0.25, 0.3) is 0 Å². The van der Waals surface area contributed by atoms with Crippen molar-refractivity contribution in [3.63, 3.8) is 0 Å². The van der Waals surface area contributed by atoms with Crippen LogP contribution in [0.5, 0.6) is 5.75 Å². The Bertz CT molecular complexity index is 583. The van der Waals surface area contributed by atoms with Crippen LogP contribution in [0.1, 0.15) is 50.4 Å². The Kier molecular flexibility index (Phi) is 3.64. The average molecular weight is 284 g/mol. The molecule has 2 nitrogen and oxygen atoms in total. The molecule has 0 amide bonds. The van der Waals surface area contributed by atoms with Gasteiger partial charge in [0.05, 0.1) is 12.2 Å². The summed E-state index contributed by atoms with van der Waals surface area (Å²) in [6.07, 6.45) is 5.98. The lowest BCUT2D eigenvalue weighted by Gasteiger charge is -2.56. The van der Waals surface area contributed by atoms with Gasteiger partial charge >= 0.3 is 0 Å². The molecule has 2 unspecified atom stereocenters. The first-order valence-electron chi connectivity index (χ1n) is 7.92. The third-order valence-electron chi connectivity index (χ3n) is 5.50. The maximum Gasteiger partial charge on any atom is 0.163 e. The van der Waals surface area contributed by atoms with Crippen LogP contribution < -0.4 is 4.74 Å². The molecule has 3 aliphatic rings. The van der Waals surface area contributed by atoms with Crippen molar-refractivity contribution < 1.29 is 9.53 Å². The van der Waals surface area contributed by atoms with Gasteiger partial charge in [-0.2, -0.15) is 0 Å². The minimum Gasteiger partial charge on any atom is -0.492 e. The molecule has 0 aromatic heterocycles. The number of allylic oxidation sites excluding steroid dienone is 1. The fourth-order valence-electron chi connectivity index (χ4n) is 3.92. The molecule has 3 aliphatic carbocycles. The Labute approximate surface area is 127 Å². The Morgan fingerprint density at radius 2 is 2.10 bits per heavy atom. The first-order chi connectivity index (χ1) is 10.00. The summed E-state index contributed by atoms with van der Waals surface area (Å²) in [6, 6.07) is 7.51. The highest BCUT2D eigenvalue weighted by Crippen LogP contribution is 2.59. The Morgan fingerprint density at radius 1 is 1.33 bits per heavy atom. The van der Waals surface area contributed by atoms with Crippen LogP contribution in [0.4, 0.5) is 0 Å². The zero-order valence-electron chi connectivity index (χ0n) is 13.2. The van der Waals surface area contributed by atoms with E-state index in [1.807, 2.05) is 24.3 Å². The van der Waals surface area contributed by atoms with Crippen molar-refractivity contribution in [2.45, 2.75) is 40.0 Å². The summed E-state index contributed by atoms with van der Waals surface area (Å²) in [5.74, 6) is 2.39. The number of para-hydroxylation sites is 1. The number of carbonyl (C=O) groups is 1. The number of hydrogen-bond donors (Lipinski definition) is 0. The number of hydrogen-bond acceptors (Lipinski definition) is 2. The van der Waals surface area contributed by atoms with Gasteiger partial charge in [0.15, 0.2) is 5.78 Å². The minimum atomic E-state index is 0.0606. The molecule has 2 atom stereocenters. The molecule has 0 spiro atoms. The zero-order chi connectivity index (χ0) is 15.0. The molecule has 4 rings (SSSR count). The Balaban J connectivity index is 1.60. The van der Waals surface area contributed by atoms with Gasteiger partial charge in [-0.15, -0.1) is 0 Å². The summed E-state index contributed by atoms with van der Waals surface area (Å²) < 4.78 is 5.87. The largest absolute Gasteiger partial charge is 0.492 e. The molecule has 0 saturated heterocycles. The van der Waals surface area contributed by atoms with Crippen molar-refractivity contribution in [1.29, 1.82) is 0 Å². The van der Waals surface area contributed by atoms with E-state index < -0.39 is 0 Å². The van der Waals surface area contributed by atoms with E-state index in [4.69, 9.17) is 4.74 Å². The van der Waals surface area contributed by atoms with Crippen LogP contribution in [0.3, 0.4) is 0 Å². The predicted octanol–water partition coefficient (Wildman–Crippen LogP) is 4.65. The van der Waals surface area contributed by atoms with Crippen molar-refractivity contribution in [1.82, 2.24) is 0 Å². The van der Waals surface area contributed by atoms with Gasteiger partial charge in [0.1, 0.15) is 5.75 Å².